The minimum Gasteiger partial charge on any atom is -0.484 e. The van der Waals surface area contributed by atoms with E-state index in [-0.39, 0.29) is 31.1 Å². The van der Waals surface area contributed by atoms with Gasteiger partial charge in [-0.1, -0.05) is 30.3 Å². The first kappa shape index (κ1) is 20.4. The molecule has 0 atom stereocenters. The fourth-order valence-electron chi connectivity index (χ4n) is 2.95. The largest absolute Gasteiger partial charge is 0.484 e. The maximum atomic E-state index is 12.2. The molecule has 1 aromatic heterocycles. The first-order chi connectivity index (χ1) is 14.0. The summed E-state index contributed by atoms with van der Waals surface area (Å²) >= 11 is 0. The Morgan fingerprint density at radius 2 is 1.79 bits per heavy atom. The Morgan fingerprint density at radius 3 is 2.55 bits per heavy atom. The lowest BCUT2D eigenvalue weighted by molar-refractivity contribution is -0.148. The number of carbonyl (C=O) groups is 2. The van der Waals surface area contributed by atoms with Crippen LogP contribution in [0.4, 0.5) is 0 Å². The molecule has 3 rings (SSSR count). The Kier molecular flexibility index (Phi) is 6.84. The monoisotopic (exact) mass is 395 g/mol. The number of esters is 1. The van der Waals surface area contributed by atoms with Crippen molar-refractivity contribution in [3.05, 3.63) is 60.4 Å². The Morgan fingerprint density at radius 1 is 1.07 bits per heavy atom. The van der Waals surface area contributed by atoms with E-state index >= 15 is 0 Å². The molecule has 3 aromatic rings. The zero-order valence-corrected chi connectivity index (χ0v) is 16.6. The molecule has 152 valence electrons. The van der Waals surface area contributed by atoms with Crippen LogP contribution in [-0.2, 0) is 27.3 Å². The van der Waals surface area contributed by atoms with Crippen LogP contribution in [0.3, 0.4) is 0 Å². The van der Waals surface area contributed by atoms with Gasteiger partial charge < -0.3 is 19.4 Å². The molecule has 0 saturated carbocycles. The number of hydrogen-bond donors (Lipinski definition) is 1. The highest BCUT2D eigenvalue weighted by Crippen LogP contribution is 2.16. The molecule has 0 radical (unpaired) electrons. The van der Waals surface area contributed by atoms with Gasteiger partial charge >= 0.3 is 5.97 Å². The highest BCUT2D eigenvalue weighted by molar-refractivity contribution is 5.79. The van der Waals surface area contributed by atoms with Gasteiger partial charge in [0, 0.05) is 13.0 Å². The Balaban J connectivity index is 1.59. The van der Waals surface area contributed by atoms with E-state index in [2.05, 4.69) is 10.3 Å². The second-order valence-corrected chi connectivity index (χ2v) is 6.84. The summed E-state index contributed by atoms with van der Waals surface area (Å²) in [5.74, 6) is 0.838. The van der Waals surface area contributed by atoms with Gasteiger partial charge in [0.1, 0.15) is 18.1 Å². The van der Waals surface area contributed by atoms with Crippen LogP contribution in [0.15, 0.2) is 54.6 Å². The van der Waals surface area contributed by atoms with Gasteiger partial charge in [-0.2, -0.15) is 0 Å². The molecule has 1 heterocycles. The summed E-state index contributed by atoms with van der Waals surface area (Å²) in [4.78, 5) is 28.8. The van der Waals surface area contributed by atoms with Crippen molar-refractivity contribution in [1.82, 2.24) is 14.9 Å². The number of fused-ring (bicyclic) bond motifs is 1. The van der Waals surface area contributed by atoms with Gasteiger partial charge in [0.2, 0.25) is 0 Å². The van der Waals surface area contributed by atoms with Crippen molar-refractivity contribution in [1.29, 1.82) is 0 Å². The van der Waals surface area contributed by atoms with Gasteiger partial charge in [-0.15, -0.1) is 0 Å². The number of aromatic nitrogens is 2. The molecule has 0 bridgehead atoms. The number of nitrogens with zero attached hydrogens (tertiary/aromatic N) is 2. The molecule has 2 aromatic carbocycles. The summed E-state index contributed by atoms with van der Waals surface area (Å²) in [7, 11) is 0. The van der Waals surface area contributed by atoms with Crippen molar-refractivity contribution >= 4 is 22.9 Å². The van der Waals surface area contributed by atoms with Gasteiger partial charge in [0.25, 0.3) is 5.91 Å². The molecule has 0 unspecified atom stereocenters. The van der Waals surface area contributed by atoms with E-state index in [1.807, 2.05) is 60.9 Å². The van der Waals surface area contributed by atoms with Crippen molar-refractivity contribution in [3.8, 4) is 5.75 Å². The van der Waals surface area contributed by atoms with Gasteiger partial charge in [0.05, 0.1) is 17.1 Å². The van der Waals surface area contributed by atoms with Crippen LogP contribution in [0, 0.1) is 0 Å². The van der Waals surface area contributed by atoms with E-state index in [9.17, 15) is 9.59 Å². The first-order valence-electron chi connectivity index (χ1n) is 9.61. The van der Waals surface area contributed by atoms with Gasteiger partial charge in [-0.3, -0.25) is 9.59 Å². The first-order valence-corrected chi connectivity index (χ1v) is 9.61. The highest BCUT2D eigenvalue weighted by atomic mass is 16.5. The maximum absolute atomic E-state index is 12.2. The van der Waals surface area contributed by atoms with E-state index in [1.165, 1.54) is 0 Å². The van der Waals surface area contributed by atoms with Crippen LogP contribution in [0.25, 0.3) is 11.0 Å². The number of benzene rings is 2. The average molecular weight is 395 g/mol. The molecule has 7 nitrogen and oxygen atoms in total. The zero-order chi connectivity index (χ0) is 20.6. The molecule has 0 saturated heterocycles. The second kappa shape index (κ2) is 9.73. The van der Waals surface area contributed by atoms with Crippen LogP contribution >= 0.6 is 0 Å². The third-order valence-corrected chi connectivity index (χ3v) is 4.17. The summed E-state index contributed by atoms with van der Waals surface area (Å²) in [6, 6.07) is 16.8. The van der Waals surface area contributed by atoms with Crippen LogP contribution < -0.4 is 10.1 Å². The summed E-state index contributed by atoms with van der Waals surface area (Å²) in [5.41, 5.74) is 1.67. The zero-order valence-electron chi connectivity index (χ0n) is 16.6. The topological polar surface area (TPSA) is 82.5 Å². The van der Waals surface area contributed by atoms with Crippen molar-refractivity contribution < 1.29 is 19.1 Å². The van der Waals surface area contributed by atoms with Crippen molar-refractivity contribution in [3.63, 3.8) is 0 Å². The van der Waals surface area contributed by atoms with Crippen LogP contribution in [0.1, 0.15) is 19.7 Å². The van der Waals surface area contributed by atoms with Crippen LogP contribution in [0.5, 0.6) is 5.75 Å². The summed E-state index contributed by atoms with van der Waals surface area (Å²) in [6.45, 7) is 4.05. The molecule has 0 aliphatic heterocycles. The predicted octanol–water partition coefficient (Wildman–Crippen LogP) is 2.73. The summed E-state index contributed by atoms with van der Waals surface area (Å²) in [6.07, 6.45) is 0.311. The number of rotatable bonds is 9. The number of hydrogen-bond acceptors (Lipinski definition) is 5. The molecular formula is C22H25N3O4. The van der Waals surface area contributed by atoms with Crippen LogP contribution in [-0.4, -0.2) is 40.7 Å². The number of carbonyl (C=O) groups excluding carboxylic acids is 2. The van der Waals surface area contributed by atoms with E-state index in [0.29, 0.717) is 18.7 Å². The second-order valence-electron chi connectivity index (χ2n) is 6.84. The number of para-hydroxylation sites is 3. The number of ether oxygens (including phenoxy) is 2. The summed E-state index contributed by atoms with van der Waals surface area (Å²) in [5, 5.41) is 2.83. The summed E-state index contributed by atoms with van der Waals surface area (Å²) < 4.78 is 12.5. The third kappa shape index (κ3) is 5.81. The standard InChI is InChI=1S/C22H25N3O4/c1-16(2)29-22(27)14-25-19-11-7-6-10-18(19)24-20(25)12-13-23-21(26)15-28-17-8-4-3-5-9-17/h3-11,16H,12-15H2,1-2H3,(H,23,26). The highest BCUT2D eigenvalue weighted by Gasteiger charge is 2.15. The van der Waals surface area contributed by atoms with Gasteiger partial charge in [-0.25, -0.2) is 4.98 Å². The lowest BCUT2D eigenvalue weighted by atomic mass is 10.3. The Bertz CT molecular complexity index is 967. The fourth-order valence-corrected chi connectivity index (χ4v) is 2.95. The molecule has 0 fully saturated rings. The third-order valence-electron chi connectivity index (χ3n) is 4.17. The quantitative estimate of drug-likeness (QED) is 0.564. The van der Waals surface area contributed by atoms with E-state index in [1.54, 1.807) is 12.1 Å². The van der Waals surface area contributed by atoms with E-state index < -0.39 is 0 Å². The average Bonchev–Trinajstić information content (AvgIpc) is 3.04. The SMILES string of the molecule is CC(C)OC(=O)Cn1c(CCNC(=O)COc2ccccc2)nc2ccccc21. The fraction of sp³-hybridized carbons (Fsp3) is 0.318. The minimum absolute atomic E-state index is 0.0544. The predicted molar refractivity (Wildman–Crippen MR) is 110 cm³/mol. The van der Waals surface area contributed by atoms with Crippen molar-refractivity contribution in [2.75, 3.05) is 13.2 Å². The van der Waals surface area contributed by atoms with Gasteiger partial charge in [-0.05, 0) is 38.1 Å². The molecule has 1 amide bonds. The molecule has 29 heavy (non-hydrogen) atoms. The molecule has 0 aliphatic carbocycles. The Labute approximate surface area is 169 Å². The molecule has 7 heteroatoms. The normalized spacial score (nSPS) is 10.9. The lowest BCUT2D eigenvalue weighted by Crippen LogP contribution is -2.31. The number of imidazole rings is 1. The van der Waals surface area contributed by atoms with E-state index in [4.69, 9.17) is 9.47 Å². The molecular weight excluding hydrogens is 370 g/mol. The van der Waals surface area contributed by atoms with Crippen molar-refractivity contribution in [2.24, 2.45) is 0 Å². The Hall–Kier alpha value is -3.35. The maximum Gasteiger partial charge on any atom is 0.326 e. The van der Waals surface area contributed by atoms with Crippen molar-refractivity contribution in [2.45, 2.75) is 32.9 Å². The molecule has 1 N–H and O–H groups in total. The lowest BCUT2D eigenvalue weighted by Gasteiger charge is -2.12. The number of nitrogens with one attached hydrogen (secondary N) is 1. The molecule has 0 aliphatic rings. The van der Waals surface area contributed by atoms with Crippen LogP contribution in [0.2, 0.25) is 0 Å². The van der Waals surface area contributed by atoms with Gasteiger partial charge in [0.15, 0.2) is 6.61 Å². The molecule has 0 spiro atoms. The minimum atomic E-state index is -0.315. The van der Waals surface area contributed by atoms with E-state index in [0.717, 1.165) is 16.9 Å². The smallest absolute Gasteiger partial charge is 0.326 e. The number of amides is 1.